The van der Waals surface area contributed by atoms with Crippen LogP contribution in [0.3, 0.4) is 0 Å². The van der Waals surface area contributed by atoms with Crippen LogP contribution in [0, 0.1) is 5.92 Å². The van der Waals surface area contributed by atoms with Crippen LogP contribution in [0.4, 0.5) is 0 Å². The summed E-state index contributed by atoms with van der Waals surface area (Å²) in [6.45, 7) is 9.74. The lowest BCUT2D eigenvalue weighted by atomic mass is 9.86. The lowest BCUT2D eigenvalue weighted by Crippen LogP contribution is -2.39. The Kier molecular flexibility index (Phi) is 5.04. The molecule has 1 aliphatic rings. The van der Waals surface area contributed by atoms with Crippen molar-refractivity contribution in [3.63, 3.8) is 0 Å². The normalized spacial score (nSPS) is 17.7. The molecule has 0 aromatic heterocycles. The second kappa shape index (κ2) is 6.61. The van der Waals surface area contributed by atoms with E-state index in [1.807, 2.05) is 0 Å². The van der Waals surface area contributed by atoms with Crippen molar-refractivity contribution >= 4 is 5.91 Å². The molecule has 1 aliphatic heterocycles. The third kappa shape index (κ3) is 4.31. The minimum Gasteiger partial charge on any atom is -0.359 e. The SMILES string of the molecule is CNC(=O)C1CCN(Cc2ccc(C(C)(C)C)cc2)CC1. The Bertz CT molecular complexity index is 465. The van der Waals surface area contributed by atoms with E-state index in [1.54, 1.807) is 7.05 Å². The average Bonchev–Trinajstić information content (AvgIpc) is 2.47. The van der Waals surface area contributed by atoms with Gasteiger partial charge in [0.15, 0.2) is 0 Å². The summed E-state index contributed by atoms with van der Waals surface area (Å²) in [6.07, 6.45) is 1.94. The Labute approximate surface area is 128 Å². The third-order valence-electron chi connectivity index (χ3n) is 4.43. The quantitative estimate of drug-likeness (QED) is 0.927. The van der Waals surface area contributed by atoms with Crippen molar-refractivity contribution in [1.29, 1.82) is 0 Å². The number of carbonyl (C=O) groups excluding carboxylic acids is 1. The van der Waals surface area contributed by atoms with Gasteiger partial charge in [-0.25, -0.2) is 0 Å². The van der Waals surface area contributed by atoms with Crippen LogP contribution < -0.4 is 5.32 Å². The van der Waals surface area contributed by atoms with Crippen LogP contribution in [0.25, 0.3) is 0 Å². The molecule has 0 bridgehead atoms. The largest absolute Gasteiger partial charge is 0.359 e. The van der Waals surface area contributed by atoms with Crippen LogP contribution in [0.15, 0.2) is 24.3 Å². The average molecular weight is 288 g/mol. The number of nitrogens with one attached hydrogen (secondary N) is 1. The molecule has 0 radical (unpaired) electrons. The van der Waals surface area contributed by atoms with Gasteiger partial charge in [-0.05, 0) is 42.5 Å². The van der Waals surface area contributed by atoms with Gasteiger partial charge in [0.2, 0.25) is 5.91 Å². The highest BCUT2D eigenvalue weighted by Gasteiger charge is 2.24. The first-order valence-corrected chi connectivity index (χ1v) is 7.93. The summed E-state index contributed by atoms with van der Waals surface area (Å²) < 4.78 is 0. The molecule has 0 unspecified atom stereocenters. The molecule has 116 valence electrons. The van der Waals surface area contributed by atoms with E-state index in [-0.39, 0.29) is 17.2 Å². The Morgan fingerprint density at radius 3 is 2.24 bits per heavy atom. The maximum absolute atomic E-state index is 11.6. The van der Waals surface area contributed by atoms with E-state index in [0.717, 1.165) is 32.5 Å². The van der Waals surface area contributed by atoms with Gasteiger partial charge in [-0.2, -0.15) is 0 Å². The van der Waals surface area contributed by atoms with E-state index in [1.165, 1.54) is 11.1 Å². The number of piperidine rings is 1. The zero-order valence-electron chi connectivity index (χ0n) is 13.8. The Hall–Kier alpha value is -1.35. The molecule has 1 N–H and O–H groups in total. The van der Waals surface area contributed by atoms with Gasteiger partial charge in [-0.1, -0.05) is 45.0 Å². The molecule has 0 atom stereocenters. The fourth-order valence-electron chi connectivity index (χ4n) is 2.93. The van der Waals surface area contributed by atoms with Gasteiger partial charge in [-0.15, -0.1) is 0 Å². The van der Waals surface area contributed by atoms with E-state index in [2.05, 4.69) is 55.3 Å². The summed E-state index contributed by atoms with van der Waals surface area (Å²) in [4.78, 5) is 14.1. The summed E-state index contributed by atoms with van der Waals surface area (Å²) in [5, 5.41) is 2.76. The van der Waals surface area contributed by atoms with Gasteiger partial charge in [0.1, 0.15) is 0 Å². The molecular weight excluding hydrogens is 260 g/mol. The number of hydrogen-bond donors (Lipinski definition) is 1. The maximum atomic E-state index is 11.6. The molecule has 0 aliphatic carbocycles. The van der Waals surface area contributed by atoms with Crippen molar-refractivity contribution < 1.29 is 4.79 Å². The molecule has 3 nitrogen and oxygen atoms in total. The number of likely N-dealkylation sites (tertiary alicyclic amines) is 1. The molecule has 1 aromatic carbocycles. The standard InChI is InChI=1S/C18H28N2O/c1-18(2,3)16-7-5-14(6-8-16)13-20-11-9-15(10-12-20)17(21)19-4/h5-8,15H,9-13H2,1-4H3,(H,19,21). The van der Waals surface area contributed by atoms with Crippen LogP contribution in [0.5, 0.6) is 0 Å². The highest BCUT2D eigenvalue weighted by atomic mass is 16.1. The van der Waals surface area contributed by atoms with Gasteiger partial charge in [0, 0.05) is 19.5 Å². The first-order chi connectivity index (χ1) is 9.90. The van der Waals surface area contributed by atoms with Crippen LogP contribution in [0.2, 0.25) is 0 Å². The molecule has 1 saturated heterocycles. The molecular formula is C18H28N2O. The highest BCUT2D eigenvalue weighted by molar-refractivity contribution is 5.78. The molecule has 21 heavy (non-hydrogen) atoms. The Morgan fingerprint density at radius 1 is 1.19 bits per heavy atom. The zero-order valence-corrected chi connectivity index (χ0v) is 13.8. The lowest BCUT2D eigenvalue weighted by molar-refractivity contribution is -0.125. The molecule has 1 fully saturated rings. The van der Waals surface area contributed by atoms with E-state index < -0.39 is 0 Å². The van der Waals surface area contributed by atoms with Crippen molar-refractivity contribution in [1.82, 2.24) is 10.2 Å². The molecule has 1 amide bonds. The third-order valence-corrected chi connectivity index (χ3v) is 4.43. The Morgan fingerprint density at radius 2 is 1.76 bits per heavy atom. The van der Waals surface area contributed by atoms with Gasteiger partial charge < -0.3 is 5.32 Å². The molecule has 2 rings (SSSR count). The fourth-order valence-corrected chi connectivity index (χ4v) is 2.93. The van der Waals surface area contributed by atoms with E-state index in [0.29, 0.717) is 0 Å². The molecule has 1 aromatic rings. The number of carbonyl (C=O) groups is 1. The van der Waals surface area contributed by atoms with E-state index in [9.17, 15) is 4.79 Å². The minimum atomic E-state index is 0.198. The van der Waals surface area contributed by atoms with Crippen LogP contribution >= 0.6 is 0 Å². The van der Waals surface area contributed by atoms with E-state index in [4.69, 9.17) is 0 Å². The van der Waals surface area contributed by atoms with Crippen LogP contribution in [-0.2, 0) is 16.8 Å². The predicted octanol–water partition coefficient (Wildman–Crippen LogP) is 2.94. The smallest absolute Gasteiger partial charge is 0.222 e. The lowest BCUT2D eigenvalue weighted by Gasteiger charge is -2.31. The number of rotatable bonds is 3. The first kappa shape index (κ1) is 16.0. The highest BCUT2D eigenvalue weighted by Crippen LogP contribution is 2.23. The van der Waals surface area contributed by atoms with Gasteiger partial charge in [-0.3, -0.25) is 9.69 Å². The molecule has 0 spiro atoms. The number of nitrogens with zero attached hydrogens (tertiary/aromatic N) is 1. The predicted molar refractivity (Wildman–Crippen MR) is 87.2 cm³/mol. The van der Waals surface area contributed by atoms with Crippen molar-refractivity contribution in [3.8, 4) is 0 Å². The molecule has 1 heterocycles. The first-order valence-electron chi connectivity index (χ1n) is 7.93. The van der Waals surface area contributed by atoms with Gasteiger partial charge in [0.05, 0.1) is 0 Å². The van der Waals surface area contributed by atoms with Crippen molar-refractivity contribution in [3.05, 3.63) is 35.4 Å². The zero-order chi connectivity index (χ0) is 15.5. The maximum Gasteiger partial charge on any atom is 0.222 e. The molecule has 0 saturated carbocycles. The summed E-state index contributed by atoms with van der Waals surface area (Å²) in [6, 6.07) is 8.97. The van der Waals surface area contributed by atoms with E-state index >= 15 is 0 Å². The van der Waals surface area contributed by atoms with Gasteiger partial charge >= 0.3 is 0 Å². The summed E-state index contributed by atoms with van der Waals surface area (Å²) >= 11 is 0. The van der Waals surface area contributed by atoms with Crippen molar-refractivity contribution in [2.45, 2.75) is 45.6 Å². The van der Waals surface area contributed by atoms with Crippen LogP contribution in [0.1, 0.15) is 44.7 Å². The van der Waals surface area contributed by atoms with Crippen molar-refractivity contribution in [2.75, 3.05) is 20.1 Å². The summed E-state index contributed by atoms with van der Waals surface area (Å²) in [5.41, 5.74) is 2.95. The summed E-state index contributed by atoms with van der Waals surface area (Å²) in [7, 11) is 1.73. The number of amides is 1. The fraction of sp³-hybridized carbons (Fsp3) is 0.611. The topological polar surface area (TPSA) is 32.3 Å². The second-order valence-electron chi connectivity index (χ2n) is 7.11. The summed E-state index contributed by atoms with van der Waals surface area (Å²) in [5.74, 6) is 0.402. The second-order valence-corrected chi connectivity index (χ2v) is 7.11. The monoisotopic (exact) mass is 288 g/mol. The van der Waals surface area contributed by atoms with Gasteiger partial charge in [0.25, 0.3) is 0 Å². The van der Waals surface area contributed by atoms with Crippen molar-refractivity contribution in [2.24, 2.45) is 5.92 Å². The number of benzene rings is 1. The molecule has 3 heteroatoms. The minimum absolute atomic E-state index is 0.198. The number of hydrogen-bond acceptors (Lipinski definition) is 2. The van der Waals surface area contributed by atoms with Crippen LogP contribution in [-0.4, -0.2) is 30.9 Å². The Balaban J connectivity index is 1.88.